The average molecular weight is 454 g/mol. The summed E-state index contributed by atoms with van der Waals surface area (Å²) in [5.41, 5.74) is 3.53. The maximum Gasteiger partial charge on any atom is 0.326 e. The number of anilines is 1. The topological polar surface area (TPSA) is 119 Å². The first-order valence-corrected chi connectivity index (χ1v) is 11.1. The lowest BCUT2D eigenvalue weighted by Crippen LogP contribution is -2.44. The number of amides is 2. The molecule has 1 aliphatic rings. The molecule has 4 N–H and O–H groups in total. The van der Waals surface area contributed by atoms with Crippen LogP contribution >= 0.6 is 0 Å². The van der Waals surface area contributed by atoms with Gasteiger partial charge < -0.3 is 20.8 Å². The molecule has 1 aliphatic carbocycles. The highest BCUT2D eigenvalue weighted by atomic mass is 16.4. The van der Waals surface area contributed by atoms with Crippen molar-refractivity contribution in [3.8, 4) is 5.75 Å². The van der Waals surface area contributed by atoms with Crippen LogP contribution in [0.4, 0.5) is 5.69 Å². The van der Waals surface area contributed by atoms with Crippen LogP contribution in [0.1, 0.15) is 36.0 Å². The Labute approximate surface area is 193 Å². The molecule has 0 bridgehead atoms. The van der Waals surface area contributed by atoms with E-state index < -0.39 is 12.0 Å². The summed E-state index contributed by atoms with van der Waals surface area (Å²) in [4.78, 5) is 38.7. The normalized spacial score (nSPS) is 14.0. The second kappa shape index (κ2) is 11.0. The Hall–Kier alpha value is -3.39. The number of carboxylic acid groups (broad SMARTS) is 1. The number of hydrogen-bond donors (Lipinski definition) is 4. The zero-order valence-electron chi connectivity index (χ0n) is 19.0. The molecule has 0 spiro atoms. The van der Waals surface area contributed by atoms with Gasteiger partial charge in [0.05, 0.1) is 6.54 Å². The molecular formula is C25H31N3O5. The fourth-order valence-electron chi connectivity index (χ4n) is 3.65. The minimum Gasteiger partial charge on any atom is -0.508 e. The third-order valence-electron chi connectivity index (χ3n) is 5.71. The van der Waals surface area contributed by atoms with Gasteiger partial charge in [0.15, 0.2) is 0 Å². The van der Waals surface area contributed by atoms with Gasteiger partial charge >= 0.3 is 5.97 Å². The number of carbonyl (C=O) groups excluding carboxylic acids is 2. The van der Waals surface area contributed by atoms with Crippen molar-refractivity contribution in [1.29, 1.82) is 0 Å². The van der Waals surface area contributed by atoms with Crippen LogP contribution in [0.2, 0.25) is 0 Å². The number of nitrogens with one attached hydrogen (secondary N) is 2. The lowest BCUT2D eigenvalue weighted by Gasteiger charge is -2.22. The van der Waals surface area contributed by atoms with Crippen molar-refractivity contribution >= 4 is 23.5 Å². The van der Waals surface area contributed by atoms with E-state index in [9.17, 15) is 24.6 Å². The summed E-state index contributed by atoms with van der Waals surface area (Å²) in [5.74, 6) is -1.53. The highest BCUT2D eigenvalue weighted by molar-refractivity contribution is 5.93. The number of phenolic OH excluding ortho intramolecular Hbond substituents is 1. The van der Waals surface area contributed by atoms with Crippen molar-refractivity contribution in [2.24, 2.45) is 0 Å². The summed E-state index contributed by atoms with van der Waals surface area (Å²) in [6.45, 7) is 4.47. The van der Waals surface area contributed by atoms with Gasteiger partial charge in [0.25, 0.3) is 0 Å². The van der Waals surface area contributed by atoms with E-state index >= 15 is 0 Å². The molecule has 0 aromatic heterocycles. The van der Waals surface area contributed by atoms with E-state index in [1.165, 1.54) is 12.1 Å². The molecule has 2 aromatic carbocycles. The SMILES string of the molecule is Cc1ccc(C)c(NC(=O)CN(CCC(=O)NC(Cc2ccc(O)cc2)C(=O)O)C2CC2)c1. The molecule has 3 rings (SSSR count). The lowest BCUT2D eigenvalue weighted by atomic mass is 10.1. The highest BCUT2D eigenvalue weighted by Gasteiger charge is 2.31. The average Bonchev–Trinajstić information content (AvgIpc) is 3.60. The molecule has 2 aromatic rings. The monoisotopic (exact) mass is 453 g/mol. The van der Waals surface area contributed by atoms with Crippen molar-refractivity contribution in [3.63, 3.8) is 0 Å². The Balaban J connectivity index is 1.51. The first-order chi connectivity index (χ1) is 15.7. The molecule has 33 heavy (non-hydrogen) atoms. The van der Waals surface area contributed by atoms with Gasteiger partial charge in [-0.2, -0.15) is 0 Å². The summed E-state index contributed by atoms with van der Waals surface area (Å²) < 4.78 is 0. The summed E-state index contributed by atoms with van der Waals surface area (Å²) in [6.07, 6.45) is 2.19. The van der Waals surface area contributed by atoms with E-state index in [-0.39, 0.29) is 43.0 Å². The fraction of sp³-hybridized carbons (Fsp3) is 0.400. The molecule has 0 saturated heterocycles. The summed E-state index contributed by atoms with van der Waals surface area (Å²) >= 11 is 0. The highest BCUT2D eigenvalue weighted by Crippen LogP contribution is 2.27. The minimum atomic E-state index is -1.12. The standard InChI is InChI=1S/C25H31N3O5/c1-16-3-4-17(2)21(13-16)26-24(31)15-28(19-7-8-19)12-11-23(30)27-22(25(32)33)14-18-5-9-20(29)10-6-18/h3-6,9-10,13,19,22,29H,7-8,11-12,14-15H2,1-2H3,(H,26,31)(H,27,30)(H,32,33). The first-order valence-electron chi connectivity index (χ1n) is 11.1. The van der Waals surface area contributed by atoms with Crippen LogP contribution in [0.5, 0.6) is 5.75 Å². The second-order valence-electron chi connectivity index (χ2n) is 8.65. The first kappa shape index (κ1) is 24.3. The van der Waals surface area contributed by atoms with Crippen LogP contribution in [0, 0.1) is 13.8 Å². The third-order valence-corrected chi connectivity index (χ3v) is 5.71. The van der Waals surface area contributed by atoms with Crippen LogP contribution in [0.3, 0.4) is 0 Å². The molecule has 0 aliphatic heterocycles. The number of nitrogens with zero attached hydrogens (tertiary/aromatic N) is 1. The number of aliphatic carboxylic acids is 1. The van der Waals surface area contributed by atoms with E-state index in [0.717, 1.165) is 29.7 Å². The Morgan fingerprint density at radius 3 is 2.39 bits per heavy atom. The quantitative estimate of drug-likeness (QED) is 0.415. The lowest BCUT2D eigenvalue weighted by molar-refractivity contribution is -0.141. The number of carboxylic acids is 1. The van der Waals surface area contributed by atoms with Crippen molar-refractivity contribution in [3.05, 3.63) is 59.2 Å². The van der Waals surface area contributed by atoms with Crippen LogP contribution < -0.4 is 10.6 Å². The largest absolute Gasteiger partial charge is 0.508 e. The van der Waals surface area contributed by atoms with Gasteiger partial charge in [-0.1, -0.05) is 24.3 Å². The number of carbonyl (C=O) groups is 3. The molecule has 0 radical (unpaired) electrons. The van der Waals surface area contributed by atoms with Crippen LogP contribution in [-0.2, 0) is 20.8 Å². The Bertz CT molecular complexity index is 1000. The number of benzene rings is 2. The molecule has 176 valence electrons. The second-order valence-corrected chi connectivity index (χ2v) is 8.65. The van der Waals surface area contributed by atoms with E-state index in [2.05, 4.69) is 10.6 Å². The van der Waals surface area contributed by atoms with Crippen molar-refractivity contribution in [2.45, 2.75) is 51.6 Å². The van der Waals surface area contributed by atoms with Gasteiger partial charge in [-0.25, -0.2) is 4.79 Å². The van der Waals surface area contributed by atoms with Crippen molar-refractivity contribution in [1.82, 2.24) is 10.2 Å². The Morgan fingerprint density at radius 1 is 1.06 bits per heavy atom. The predicted octanol–water partition coefficient (Wildman–Crippen LogP) is 2.61. The van der Waals surface area contributed by atoms with E-state index in [1.807, 2.05) is 36.9 Å². The number of aromatic hydroxyl groups is 1. The van der Waals surface area contributed by atoms with Crippen LogP contribution in [0.15, 0.2) is 42.5 Å². The number of hydrogen-bond acceptors (Lipinski definition) is 5. The van der Waals surface area contributed by atoms with Gasteiger partial charge in [-0.3, -0.25) is 14.5 Å². The molecule has 8 heteroatoms. The van der Waals surface area contributed by atoms with E-state index in [0.29, 0.717) is 12.1 Å². The summed E-state index contributed by atoms with van der Waals surface area (Å²) in [6, 6.07) is 11.3. The van der Waals surface area contributed by atoms with Gasteiger partial charge in [0.1, 0.15) is 11.8 Å². The zero-order valence-corrected chi connectivity index (χ0v) is 19.0. The summed E-state index contributed by atoms with van der Waals surface area (Å²) in [7, 11) is 0. The predicted molar refractivity (Wildman–Crippen MR) is 125 cm³/mol. The molecule has 1 saturated carbocycles. The minimum absolute atomic E-state index is 0.0939. The number of phenols is 1. The van der Waals surface area contributed by atoms with Gasteiger partial charge in [-0.15, -0.1) is 0 Å². The maximum atomic E-state index is 12.6. The molecule has 0 heterocycles. The molecular weight excluding hydrogens is 422 g/mol. The van der Waals surface area contributed by atoms with E-state index in [4.69, 9.17) is 0 Å². The van der Waals surface area contributed by atoms with Gasteiger partial charge in [-0.05, 0) is 61.6 Å². The molecule has 1 fully saturated rings. The van der Waals surface area contributed by atoms with Crippen molar-refractivity contribution < 1.29 is 24.6 Å². The fourth-order valence-corrected chi connectivity index (χ4v) is 3.65. The molecule has 1 unspecified atom stereocenters. The zero-order chi connectivity index (χ0) is 24.0. The Morgan fingerprint density at radius 2 is 1.76 bits per heavy atom. The van der Waals surface area contributed by atoms with Gasteiger partial charge in [0, 0.05) is 31.1 Å². The van der Waals surface area contributed by atoms with Crippen LogP contribution in [0.25, 0.3) is 0 Å². The number of aryl methyl sites for hydroxylation is 2. The third kappa shape index (κ3) is 7.61. The van der Waals surface area contributed by atoms with Crippen LogP contribution in [-0.4, -0.2) is 58.1 Å². The van der Waals surface area contributed by atoms with E-state index in [1.54, 1.807) is 12.1 Å². The van der Waals surface area contributed by atoms with Gasteiger partial charge in [0.2, 0.25) is 11.8 Å². The molecule has 8 nitrogen and oxygen atoms in total. The smallest absolute Gasteiger partial charge is 0.326 e. The van der Waals surface area contributed by atoms with Crippen molar-refractivity contribution in [2.75, 3.05) is 18.4 Å². The molecule has 2 amide bonds. The maximum absolute atomic E-state index is 12.6. The number of rotatable bonds is 11. The molecule has 1 atom stereocenters. The summed E-state index contributed by atoms with van der Waals surface area (Å²) in [5, 5.41) is 24.4. The Kier molecular flexibility index (Phi) is 8.06.